The summed E-state index contributed by atoms with van der Waals surface area (Å²) in [4.78, 5) is 11.5. The molecule has 0 unspecified atom stereocenters. The molecule has 2 rings (SSSR count). The van der Waals surface area contributed by atoms with Crippen molar-refractivity contribution in [3.05, 3.63) is 16.1 Å². The van der Waals surface area contributed by atoms with Crippen molar-refractivity contribution in [3.8, 4) is 0 Å². The van der Waals surface area contributed by atoms with E-state index in [-0.39, 0.29) is 0 Å². The van der Waals surface area contributed by atoms with Gasteiger partial charge in [-0.15, -0.1) is 11.3 Å². The number of aromatic nitrogens is 1. The minimum atomic E-state index is 0.293. The first-order valence-electron chi connectivity index (χ1n) is 7.45. The molecular formula is C15H26N4S2. The van der Waals surface area contributed by atoms with Crippen molar-refractivity contribution in [3.63, 3.8) is 0 Å². The van der Waals surface area contributed by atoms with E-state index in [0.29, 0.717) is 10.7 Å². The molecular weight excluding hydrogens is 300 g/mol. The highest BCUT2D eigenvalue weighted by molar-refractivity contribution is 8.00. The molecule has 4 nitrogen and oxygen atoms in total. The van der Waals surface area contributed by atoms with Crippen molar-refractivity contribution >= 4 is 29.1 Å². The molecule has 1 aliphatic rings. The molecule has 118 valence electrons. The summed E-state index contributed by atoms with van der Waals surface area (Å²) in [6.45, 7) is 11.8. The summed E-state index contributed by atoms with van der Waals surface area (Å²) in [5.74, 6) is 2.65. The Kier molecular flexibility index (Phi) is 5.54. The predicted octanol–water partition coefficient (Wildman–Crippen LogP) is 3.17. The maximum atomic E-state index is 4.67. The van der Waals surface area contributed by atoms with Gasteiger partial charge in [-0.25, -0.2) is 4.98 Å². The second kappa shape index (κ2) is 7.01. The first-order valence-corrected chi connectivity index (χ1v) is 9.31. The predicted molar refractivity (Wildman–Crippen MR) is 94.5 cm³/mol. The maximum Gasteiger partial charge on any atom is 0.194 e. The third kappa shape index (κ3) is 4.61. The van der Waals surface area contributed by atoms with E-state index < -0.39 is 0 Å². The molecule has 21 heavy (non-hydrogen) atoms. The number of nitrogens with one attached hydrogen (secondary N) is 1. The lowest BCUT2D eigenvalue weighted by atomic mass is 10.2. The lowest BCUT2D eigenvalue weighted by Crippen LogP contribution is -2.50. The van der Waals surface area contributed by atoms with Gasteiger partial charge >= 0.3 is 0 Å². The minimum Gasteiger partial charge on any atom is -0.351 e. The van der Waals surface area contributed by atoms with E-state index in [9.17, 15) is 0 Å². The highest BCUT2D eigenvalue weighted by Gasteiger charge is 2.28. The van der Waals surface area contributed by atoms with Crippen molar-refractivity contribution < 1.29 is 0 Å². The summed E-state index contributed by atoms with van der Waals surface area (Å²) < 4.78 is 0.293. The van der Waals surface area contributed by atoms with Crippen LogP contribution in [0.2, 0.25) is 0 Å². The number of nitrogens with zero attached hydrogens (tertiary/aromatic N) is 3. The number of thiazole rings is 1. The Morgan fingerprint density at radius 1 is 1.52 bits per heavy atom. The Morgan fingerprint density at radius 2 is 2.29 bits per heavy atom. The van der Waals surface area contributed by atoms with Crippen LogP contribution in [0.1, 0.15) is 44.3 Å². The van der Waals surface area contributed by atoms with Gasteiger partial charge in [0, 0.05) is 41.9 Å². The molecule has 0 bridgehead atoms. The van der Waals surface area contributed by atoms with Gasteiger partial charge in [0.25, 0.3) is 0 Å². The zero-order valence-corrected chi connectivity index (χ0v) is 15.3. The SMILES string of the molecule is CN=C(NCc1csc(C(C)C)n1)N1CCSC(C)(C)C1. The van der Waals surface area contributed by atoms with E-state index in [1.807, 2.05) is 18.8 Å². The highest BCUT2D eigenvalue weighted by atomic mass is 32.2. The quantitative estimate of drug-likeness (QED) is 0.684. The first kappa shape index (κ1) is 16.6. The van der Waals surface area contributed by atoms with Crippen LogP contribution in [-0.2, 0) is 6.54 Å². The van der Waals surface area contributed by atoms with E-state index in [2.05, 4.69) is 53.3 Å². The lowest BCUT2D eigenvalue weighted by Gasteiger charge is -2.39. The van der Waals surface area contributed by atoms with Crippen molar-refractivity contribution in [1.82, 2.24) is 15.2 Å². The number of aliphatic imine (C=N–C) groups is 1. The summed E-state index contributed by atoms with van der Waals surface area (Å²) in [6, 6.07) is 0. The molecule has 1 saturated heterocycles. The fraction of sp³-hybridized carbons (Fsp3) is 0.733. The van der Waals surface area contributed by atoms with Gasteiger partial charge in [-0.2, -0.15) is 11.8 Å². The molecule has 0 radical (unpaired) electrons. The number of hydrogen-bond donors (Lipinski definition) is 1. The maximum absolute atomic E-state index is 4.67. The van der Waals surface area contributed by atoms with Crippen LogP contribution in [0.25, 0.3) is 0 Å². The number of guanidine groups is 1. The van der Waals surface area contributed by atoms with Gasteiger partial charge in [-0.05, 0) is 13.8 Å². The van der Waals surface area contributed by atoms with Crippen molar-refractivity contribution in [1.29, 1.82) is 0 Å². The molecule has 0 aromatic carbocycles. The van der Waals surface area contributed by atoms with Gasteiger partial charge in [0.1, 0.15) is 0 Å². The van der Waals surface area contributed by atoms with E-state index >= 15 is 0 Å². The van der Waals surface area contributed by atoms with Crippen molar-refractivity contribution in [2.75, 3.05) is 25.9 Å². The number of hydrogen-bond acceptors (Lipinski definition) is 4. The zero-order chi connectivity index (χ0) is 15.5. The molecule has 2 heterocycles. The monoisotopic (exact) mass is 326 g/mol. The molecule has 0 saturated carbocycles. The van der Waals surface area contributed by atoms with Crippen LogP contribution in [0.15, 0.2) is 10.4 Å². The summed E-state index contributed by atoms with van der Waals surface area (Å²) in [5, 5.41) is 6.81. The lowest BCUT2D eigenvalue weighted by molar-refractivity contribution is 0.375. The summed E-state index contributed by atoms with van der Waals surface area (Å²) in [6.07, 6.45) is 0. The average Bonchev–Trinajstić information content (AvgIpc) is 2.87. The number of thioether (sulfide) groups is 1. The molecule has 0 aliphatic carbocycles. The molecule has 1 N–H and O–H groups in total. The van der Waals surface area contributed by atoms with E-state index in [1.54, 1.807) is 11.3 Å². The van der Waals surface area contributed by atoms with Crippen LogP contribution >= 0.6 is 23.1 Å². The molecule has 0 amide bonds. The minimum absolute atomic E-state index is 0.293. The molecule has 1 aromatic rings. The fourth-order valence-corrected chi connectivity index (χ4v) is 4.31. The average molecular weight is 327 g/mol. The summed E-state index contributed by atoms with van der Waals surface area (Å²) >= 11 is 3.78. The summed E-state index contributed by atoms with van der Waals surface area (Å²) in [5.41, 5.74) is 1.11. The molecule has 0 spiro atoms. The molecule has 1 aliphatic heterocycles. The van der Waals surface area contributed by atoms with Gasteiger partial charge in [0.2, 0.25) is 0 Å². The van der Waals surface area contributed by atoms with Crippen LogP contribution in [0, 0.1) is 0 Å². The standard InChI is InChI=1S/C15H26N4S2/c1-11(2)13-18-12(9-20-13)8-17-14(16-5)19-6-7-21-15(3,4)10-19/h9,11H,6-8,10H2,1-5H3,(H,16,17). The Bertz CT molecular complexity index is 494. The van der Waals surface area contributed by atoms with Crippen LogP contribution in [0.5, 0.6) is 0 Å². The van der Waals surface area contributed by atoms with Crippen LogP contribution < -0.4 is 5.32 Å². The third-order valence-electron chi connectivity index (χ3n) is 3.43. The Labute approximate surface area is 136 Å². The fourth-order valence-electron chi connectivity index (χ4n) is 2.37. The highest BCUT2D eigenvalue weighted by Crippen LogP contribution is 2.29. The smallest absolute Gasteiger partial charge is 0.194 e. The Hall–Kier alpha value is -0.750. The second-order valence-corrected chi connectivity index (χ2v) is 8.95. The normalized spacial score (nSPS) is 19.1. The molecule has 1 aromatic heterocycles. The van der Waals surface area contributed by atoms with Crippen LogP contribution in [0.3, 0.4) is 0 Å². The van der Waals surface area contributed by atoms with E-state index in [4.69, 9.17) is 0 Å². The molecule has 1 fully saturated rings. The van der Waals surface area contributed by atoms with Gasteiger partial charge in [0.05, 0.1) is 17.2 Å². The van der Waals surface area contributed by atoms with Crippen LogP contribution in [-0.4, -0.2) is 46.5 Å². The van der Waals surface area contributed by atoms with Crippen molar-refractivity contribution in [2.45, 2.75) is 44.9 Å². The van der Waals surface area contributed by atoms with Gasteiger partial charge in [-0.3, -0.25) is 4.99 Å². The van der Waals surface area contributed by atoms with Gasteiger partial charge in [0.15, 0.2) is 5.96 Å². The van der Waals surface area contributed by atoms with Crippen LogP contribution in [0.4, 0.5) is 0 Å². The van der Waals surface area contributed by atoms with E-state index in [0.717, 1.165) is 37.0 Å². The third-order valence-corrected chi connectivity index (χ3v) is 5.92. The zero-order valence-electron chi connectivity index (χ0n) is 13.6. The molecule has 6 heteroatoms. The van der Waals surface area contributed by atoms with Crippen molar-refractivity contribution in [2.24, 2.45) is 4.99 Å². The summed E-state index contributed by atoms with van der Waals surface area (Å²) in [7, 11) is 1.86. The van der Waals surface area contributed by atoms with Gasteiger partial charge < -0.3 is 10.2 Å². The largest absolute Gasteiger partial charge is 0.351 e. The second-order valence-electron chi connectivity index (χ2n) is 6.26. The van der Waals surface area contributed by atoms with Gasteiger partial charge in [-0.1, -0.05) is 13.8 Å². The Morgan fingerprint density at radius 3 is 2.86 bits per heavy atom. The number of rotatable bonds is 3. The van der Waals surface area contributed by atoms with E-state index in [1.165, 1.54) is 5.01 Å². The Balaban J connectivity index is 1.93. The topological polar surface area (TPSA) is 40.5 Å². The molecule has 0 atom stereocenters. The first-order chi connectivity index (χ1) is 9.91.